The van der Waals surface area contributed by atoms with Crippen molar-refractivity contribution in [2.45, 2.75) is 26.0 Å². The summed E-state index contributed by atoms with van der Waals surface area (Å²) in [6.07, 6.45) is -0.704. The molecule has 0 unspecified atom stereocenters. The Morgan fingerprint density at radius 1 is 1.31 bits per heavy atom. The second-order valence-corrected chi connectivity index (χ2v) is 5.59. The lowest BCUT2D eigenvalue weighted by Gasteiger charge is -2.27. The molecule has 1 aliphatic heterocycles. The average molecular weight is 207 g/mol. The van der Waals surface area contributed by atoms with Crippen LogP contribution in [-0.2, 0) is 9.84 Å². The Hall–Kier alpha value is -0.130. The van der Waals surface area contributed by atoms with E-state index < -0.39 is 15.9 Å². The third kappa shape index (κ3) is 2.42. The topological polar surface area (TPSA) is 57.6 Å². The highest BCUT2D eigenvalue weighted by molar-refractivity contribution is 7.91. The van der Waals surface area contributed by atoms with Gasteiger partial charge in [0, 0.05) is 0 Å². The maximum absolute atomic E-state index is 11.2. The van der Waals surface area contributed by atoms with Crippen molar-refractivity contribution in [1.29, 1.82) is 0 Å². The molecule has 0 aromatic rings. The van der Waals surface area contributed by atoms with Crippen LogP contribution in [0.4, 0.5) is 0 Å². The molecule has 0 aromatic carbocycles. The van der Waals surface area contributed by atoms with Gasteiger partial charge in [0.15, 0.2) is 9.84 Å². The molecule has 1 N–H and O–H groups in total. The molecule has 5 heteroatoms. The van der Waals surface area contributed by atoms with Crippen LogP contribution in [0.5, 0.6) is 0 Å². The van der Waals surface area contributed by atoms with E-state index in [-0.39, 0.29) is 17.5 Å². The van der Waals surface area contributed by atoms with Crippen molar-refractivity contribution in [2.24, 2.45) is 0 Å². The van der Waals surface area contributed by atoms with Crippen molar-refractivity contribution in [2.75, 3.05) is 24.6 Å². The van der Waals surface area contributed by atoms with Crippen LogP contribution in [0.15, 0.2) is 0 Å². The minimum atomic E-state index is -3.00. The molecule has 1 rings (SSSR count). The van der Waals surface area contributed by atoms with Gasteiger partial charge in [0.25, 0.3) is 0 Å². The summed E-state index contributed by atoms with van der Waals surface area (Å²) in [7, 11) is -3.00. The van der Waals surface area contributed by atoms with Crippen LogP contribution in [0, 0.1) is 0 Å². The van der Waals surface area contributed by atoms with Gasteiger partial charge in [0.1, 0.15) is 0 Å². The molecule has 0 amide bonds. The van der Waals surface area contributed by atoms with Crippen LogP contribution in [0.25, 0.3) is 0 Å². The molecule has 13 heavy (non-hydrogen) atoms. The van der Waals surface area contributed by atoms with Crippen LogP contribution >= 0.6 is 0 Å². The standard InChI is InChI=1S/C8H17NO3S/c1-3-9(4-2)7-5-13(11,12)6-8(7)10/h7-8,10H,3-6H2,1-2H3/t7-,8+/m0/s1. The van der Waals surface area contributed by atoms with Gasteiger partial charge < -0.3 is 5.11 Å². The second kappa shape index (κ2) is 3.94. The third-order valence-electron chi connectivity index (χ3n) is 2.57. The van der Waals surface area contributed by atoms with Gasteiger partial charge in [-0.3, -0.25) is 4.90 Å². The van der Waals surface area contributed by atoms with Gasteiger partial charge in [-0.1, -0.05) is 13.8 Å². The van der Waals surface area contributed by atoms with Gasteiger partial charge in [0.05, 0.1) is 23.7 Å². The molecule has 78 valence electrons. The van der Waals surface area contributed by atoms with E-state index in [1.165, 1.54) is 0 Å². The summed E-state index contributed by atoms with van der Waals surface area (Å²) in [5.41, 5.74) is 0. The van der Waals surface area contributed by atoms with E-state index in [0.717, 1.165) is 13.1 Å². The Labute approximate surface area is 79.5 Å². The number of nitrogens with zero attached hydrogens (tertiary/aromatic N) is 1. The predicted molar refractivity (Wildman–Crippen MR) is 51.4 cm³/mol. The summed E-state index contributed by atoms with van der Waals surface area (Å²) >= 11 is 0. The van der Waals surface area contributed by atoms with Gasteiger partial charge in [-0.05, 0) is 13.1 Å². The predicted octanol–water partition coefficient (Wildman–Crippen LogP) is -0.514. The molecule has 1 heterocycles. The van der Waals surface area contributed by atoms with Crippen molar-refractivity contribution in [3.05, 3.63) is 0 Å². The van der Waals surface area contributed by atoms with Crippen molar-refractivity contribution >= 4 is 9.84 Å². The molecule has 0 bridgehead atoms. The van der Waals surface area contributed by atoms with Crippen LogP contribution in [0.1, 0.15) is 13.8 Å². The molecular weight excluding hydrogens is 190 g/mol. The number of sulfone groups is 1. The van der Waals surface area contributed by atoms with Crippen molar-refractivity contribution in [3.63, 3.8) is 0 Å². The monoisotopic (exact) mass is 207 g/mol. The maximum atomic E-state index is 11.2. The first-order valence-corrected chi connectivity index (χ1v) is 6.44. The maximum Gasteiger partial charge on any atom is 0.154 e. The SMILES string of the molecule is CCN(CC)[C@H]1CS(=O)(=O)C[C@H]1O. The lowest BCUT2D eigenvalue weighted by Crippen LogP contribution is -2.42. The van der Waals surface area contributed by atoms with E-state index in [1.807, 2.05) is 18.7 Å². The van der Waals surface area contributed by atoms with Crippen LogP contribution in [0.2, 0.25) is 0 Å². The minimum Gasteiger partial charge on any atom is -0.390 e. The van der Waals surface area contributed by atoms with E-state index >= 15 is 0 Å². The summed E-state index contributed by atoms with van der Waals surface area (Å²) in [5.74, 6) is 0.0318. The van der Waals surface area contributed by atoms with Gasteiger partial charge in [-0.2, -0.15) is 0 Å². The van der Waals surface area contributed by atoms with E-state index in [2.05, 4.69) is 0 Å². The Morgan fingerprint density at radius 2 is 1.85 bits per heavy atom. The zero-order valence-corrected chi connectivity index (χ0v) is 8.92. The lowest BCUT2D eigenvalue weighted by atomic mass is 10.2. The van der Waals surface area contributed by atoms with E-state index in [1.54, 1.807) is 0 Å². The molecule has 0 aliphatic carbocycles. The zero-order chi connectivity index (χ0) is 10.1. The van der Waals surface area contributed by atoms with Crippen molar-refractivity contribution < 1.29 is 13.5 Å². The summed E-state index contributed by atoms with van der Waals surface area (Å²) in [6, 6.07) is -0.194. The van der Waals surface area contributed by atoms with Crippen LogP contribution in [-0.4, -0.2) is 55.2 Å². The third-order valence-corrected chi connectivity index (χ3v) is 4.27. The van der Waals surface area contributed by atoms with Gasteiger partial charge in [0.2, 0.25) is 0 Å². The van der Waals surface area contributed by atoms with E-state index in [0.29, 0.717) is 0 Å². The highest BCUT2D eigenvalue weighted by Crippen LogP contribution is 2.17. The fraction of sp³-hybridized carbons (Fsp3) is 1.00. The number of hydrogen-bond acceptors (Lipinski definition) is 4. The normalized spacial score (nSPS) is 32.6. The Bertz CT molecular complexity index is 259. The molecule has 0 radical (unpaired) electrons. The summed E-state index contributed by atoms with van der Waals surface area (Å²) in [4.78, 5) is 2.00. The molecule has 1 saturated heterocycles. The fourth-order valence-electron chi connectivity index (χ4n) is 1.85. The molecular formula is C8H17NO3S. The lowest BCUT2D eigenvalue weighted by molar-refractivity contribution is 0.0901. The van der Waals surface area contributed by atoms with Gasteiger partial charge in [-0.25, -0.2) is 8.42 Å². The molecule has 0 saturated carbocycles. The average Bonchev–Trinajstić information content (AvgIpc) is 2.28. The first-order valence-electron chi connectivity index (χ1n) is 4.62. The summed E-state index contributed by atoms with van der Waals surface area (Å²) < 4.78 is 22.4. The Morgan fingerprint density at radius 3 is 2.15 bits per heavy atom. The molecule has 0 spiro atoms. The van der Waals surface area contributed by atoms with Crippen LogP contribution in [0.3, 0.4) is 0 Å². The first kappa shape index (κ1) is 10.9. The Balaban J connectivity index is 2.72. The second-order valence-electron chi connectivity index (χ2n) is 3.43. The van der Waals surface area contributed by atoms with Crippen molar-refractivity contribution in [1.82, 2.24) is 4.90 Å². The minimum absolute atomic E-state index is 0.0752. The summed E-state index contributed by atoms with van der Waals surface area (Å²) in [5, 5.41) is 9.54. The molecule has 1 fully saturated rings. The van der Waals surface area contributed by atoms with Crippen molar-refractivity contribution in [3.8, 4) is 0 Å². The fourth-order valence-corrected chi connectivity index (χ4v) is 3.68. The van der Waals surface area contributed by atoms with Crippen LogP contribution < -0.4 is 0 Å². The van der Waals surface area contributed by atoms with Gasteiger partial charge in [-0.15, -0.1) is 0 Å². The summed E-state index contributed by atoms with van der Waals surface area (Å²) in [6.45, 7) is 5.52. The molecule has 0 aromatic heterocycles. The van der Waals surface area contributed by atoms with E-state index in [9.17, 15) is 13.5 Å². The van der Waals surface area contributed by atoms with Gasteiger partial charge >= 0.3 is 0 Å². The number of aliphatic hydroxyl groups is 1. The first-order chi connectivity index (χ1) is 6.00. The highest BCUT2D eigenvalue weighted by Gasteiger charge is 2.38. The van der Waals surface area contributed by atoms with E-state index in [4.69, 9.17) is 0 Å². The Kier molecular flexibility index (Phi) is 3.32. The molecule has 4 nitrogen and oxygen atoms in total. The smallest absolute Gasteiger partial charge is 0.154 e. The number of likely N-dealkylation sites (N-methyl/N-ethyl adjacent to an activating group) is 1. The highest BCUT2D eigenvalue weighted by atomic mass is 32.2. The number of rotatable bonds is 3. The molecule has 1 aliphatic rings. The largest absolute Gasteiger partial charge is 0.390 e. The zero-order valence-electron chi connectivity index (χ0n) is 8.10. The number of aliphatic hydroxyl groups excluding tert-OH is 1. The molecule has 2 atom stereocenters. The number of hydrogen-bond donors (Lipinski definition) is 1. The quantitative estimate of drug-likeness (QED) is 0.677.